The smallest absolute Gasteiger partial charge is 0.228 e. The van der Waals surface area contributed by atoms with Gasteiger partial charge in [-0.3, -0.25) is 9.59 Å². The number of ether oxygens (including phenoxy) is 1. The first kappa shape index (κ1) is 17.1. The fraction of sp³-hybridized carbons (Fsp3) is 0.556. The summed E-state index contributed by atoms with van der Waals surface area (Å²) in [5.74, 6) is 0.139. The topological polar surface area (TPSA) is 58.6 Å². The summed E-state index contributed by atoms with van der Waals surface area (Å²) in [6.45, 7) is 1.65. The Balaban J connectivity index is 1.59. The van der Waals surface area contributed by atoms with Crippen LogP contribution in [-0.2, 0) is 9.59 Å². The number of anilines is 1. The molecule has 1 aromatic rings. The number of benzene rings is 1. The normalized spacial score (nSPS) is 23.3. The van der Waals surface area contributed by atoms with E-state index in [1.807, 2.05) is 4.90 Å². The van der Waals surface area contributed by atoms with Crippen molar-refractivity contribution in [2.75, 3.05) is 25.5 Å². The number of halogens is 1. The summed E-state index contributed by atoms with van der Waals surface area (Å²) in [5, 5.41) is 3.37. The van der Waals surface area contributed by atoms with Gasteiger partial charge in [0.25, 0.3) is 0 Å². The van der Waals surface area contributed by atoms with Crippen molar-refractivity contribution in [3.63, 3.8) is 0 Å². The maximum atomic E-state index is 12.6. The van der Waals surface area contributed by atoms with Crippen LogP contribution in [0.5, 0.6) is 5.75 Å². The highest BCUT2D eigenvalue weighted by Crippen LogP contribution is 2.42. The second kappa shape index (κ2) is 7.43. The molecule has 0 radical (unpaired) electrons. The molecule has 1 aliphatic carbocycles. The van der Waals surface area contributed by atoms with E-state index in [0.29, 0.717) is 22.9 Å². The largest absolute Gasteiger partial charge is 0.495 e. The Morgan fingerprint density at radius 1 is 1.17 bits per heavy atom. The molecule has 1 saturated carbocycles. The Morgan fingerprint density at radius 3 is 2.54 bits per heavy atom. The Kier molecular flexibility index (Phi) is 5.29. The summed E-state index contributed by atoms with van der Waals surface area (Å²) in [6, 6.07) is 5.08. The lowest BCUT2D eigenvalue weighted by molar-refractivity contribution is -0.134. The van der Waals surface area contributed by atoms with Crippen molar-refractivity contribution in [3.8, 4) is 5.75 Å². The molecule has 1 heterocycles. The van der Waals surface area contributed by atoms with Crippen LogP contribution >= 0.6 is 11.6 Å². The average molecular weight is 351 g/mol. The van der Waals surface area contributed by atoms with Crippen molar-refractivity contribution < 1.29 is 14.3 Å². The first-order chi connectivity index (χ1) is 11.6. The molecule has 1 aromatic carbocycles. The summed E-state index contributed by atoms with van der Waals surface area (Å²) in [4.78, 5) is 26.9. The van der Waals surface area contributed by atoms with Crippen molar-refractivity contribution in [1.29, 1.82) is 0 Å². The van der Waals surface area contributed by atoms with Gasteiger partial charge in [0.1, 0.15) is 5.75 Å². The van der Waals surface area contributed by atoms with Crippen molar-refractivity contribution >= 4 is 29.1 Å². The quantitative estimate of drug-likeness (QED) is 0.906. The second-order valence-electron chi connectivity index (χ2n) is 6.52. The second-order valence-corrected chi connectivity index (χ2v) is 6.96. The third-order valence-corrected chi connectivity index (χ3v) is 5.02. The number of nitrogens with one attached hydrogen (secondary N) is 1. The van der Waals surface area contributed by atoms with Gasteiger partial charge in [0, 0.05) is 18.1 Å². The standard InChI is InChI=1S/C18H23ClN2O3/c1-24-16-7-6-12(19)10-15(16)20-17(22)13-11-14(13)18(23)21-8-4-2-3-5-9-21/h6-7,10,13-14H,2-5,8-9,11H2,1H3,(H,20,22). The van der Waals surface area contributed by atoms with Gasteiger partial charge < -0.3 is 15.0 Å². The molecule has 0 spiro atoms. The van der Waals surface area contributed by atoms with E-state index in [9.17, 15) is 9.59 Å². The van der Waals surface area contributed by atoms with Crippen molar-refractivity contribution in [3.05, 3.63) is 23.2 Å². The van der Waals surface area contributed by atoms with Crippen LogP contribution in [0.1, 0.15) is 32.1 Å². The molecule has 2 amide bonds. The summed E-state index contributed by atoms with van der Waals surface area (Å²) in [6.07, 6.45) is 5.13. The van der Waals surface area contributed by atoms with E-state index in [2.05, 4.69) is 5.32 Å². The Bertz CT molecular complexity index is 627. The molecule has 1 saturated heterocycles. The number of likely N-dealkylation sites (tertiary alicyclic amines) is 1. The number of amides is 2. The zero-order valence-electron chi connectivity index (χ0n) is 13.9. The summed E-state index contributed by atoms with van der Waals surface area (Å²) in [5.41, 5.74) is 0.544. The first-order valence-electron chi connectivity index (χ1n) is 8.53. The van der Waals surface area contributed by atoms with Crippen molar-refractivity contribution in [2.45, 2.75) is 32.1 Å². The van der Waals surface area contributed by atoms with Crippen LogP contribution in [-0.4, -0.2) is 36.9 Å². The van der Waals surface area contributed by atoms with Crippen LogP contribution in [0, 0.1) is 11.8 Å². The maximum Gasteiger partial charge on any atom is 0.228 e. The lowest BCUT2D eigenvalue weighted by Gasteiger charge is -2.20. The molecule has 2 unspecified atom stereocenters. The highest BCUT2D eigenvalue weighted by molar-refractivity contribution is 6.31. The lowest BCUT2D eigenvalue weighted by atomic mass is 10.2. The number of carbonyl (C=O) groups excluding carboxylic acids is 2. The van der Waals surface area contributed by atoms with Crippen LogP contribution < -0.4 is 10.1 Å². The number of nitrogens with zero attached hydrogens (tertiary/aromatic N) is 1. The third kappa shape index (κ3) is 3.83. The fourth-order valence-corrected chi connectivity index (χ4v) is 3.46. The molecule has 0 aromatic heterocycles. The average Bonchev–Trinajstić information content (AvgIpc) is 3.38. The number of methoxy groups -OCH3 is 1. The number of hydrogen-bond acceptors (Lipinski definition) is 3. The molecule has 24 heavy (non-hydrogen) atoms. The Hall–Kier alpha value is -1.75. The molecular weight excluding hydrogens is 328 g/mol. The Labute approximate surface area is 147 Å². The molecule has 1 N–H and O–H groups in total. The monoisotopic (exact) mass is 350 g/mol. The molecule has 3 rings (SSSR count). The fourth-order valence-electron chi connectivity index (χ4n) is 3.29. The van der Waals surface area contributed by atoms with Crippen LogP contribution in [0.25, 0.3) is 0 Å². The summed E-state index contributed by atoms with van der Waals surface area (Å²) in [7, 11) is 1.54. The lowest BCUT2D eigenvalue weighted by Crippen LogP contribution is -2.34. The molecule has 0 bridgehead atoms. The molecule has 2 aliphatic rings. The summed E-state index contributed by atoms with van der Waals surface area (Å²) >= 11 is 5.98. The van der Waals surface area contributed by atoms with E-state index < -0.39 is 0 Å². The minimum absolute atomic E-state index is 0.134. The van der Waals surface area contributed by atoms with Gasteiger partial charge >= 0.3 is 0 Å². The minimum Gasteiger partial charge on any atom is -0.495 e. The van der Waals surface area contributed by atoms with E-state index in [0.717, 1.165) is 25.9 Å². The van der Waals surface area contributed by atoms with E-state index in [-0.39, 0.29) is 23.7 Å². The molecule has 2 fully saturated rings. The van der Waals surface area contributed by atoms with Gasteiger partial charge in [0.15, 0.2) is 0 Å². The molecule has 6 heteroatoms. The van der Waals surface area contributed by atoms with Gasteiger partial charge in [-0.05, 0) is 37.5 Å². The van der Waals surface area contributed by atoms with Crippen LogP contribution in [0.15, 0.2) is 18.2 Å². The molecule has 2 atom stereocenters. The SMILES string of the molecule is COc1ccc(Cl)cc1NC(=O)C1CC1C(=O)N1CCCCCC1. The van der Waals surface area contributed by atoms with E-state index in [1.165, 1.54) is 12.8 Å². The highest BCUT2D eigenvalue weighted by atomic mass is 35.5. The first-order valence-corrected chi connectivity index (χ1v) is 8.91. The molecule has 130 valence electrons. The van der Waals surface area contributed by atoms with Crippen LogP contribution in [0.3, 0.4) is 0 Å². The van der Waals surface area contributed by atoms with Gasteiger partial charge in [-0.1, -0.05) is 24.4 Å². The minimum atomic E-state index is -0.246. The van der Waals surface area contributed by atoms with E-state index in [1.54, 1.807) is 25.3 Å². The Morgan fingerprint density at radius 2 is 1.88 bits per heavy atom. The predicted molar refractivity (Wildman–Crippen MR) is 93.3 cm³/mol. The van der Waals surface area contributed by atoms with Crippen molar-refractivity contribution in [2.24, 2.45) is 11.8 Å². The zero-order valence-corrected chi connectivity index (χ0v) is 14.6. The third-order valence-electron chi connectivity index (χ3n) is 4.78. The van der Waals surface area contributed by atoms with Gasteiger partial charge in [-0.15, -0.1) is 0 Å². The molecular formula is C18H23ClN2O3. The van der Waals surface area contributed by atoms with Crippen LogP contribution in [0.4, 0.5) is 5.69 Å². The number of hydrogen-bond donors (Lipinski definition) is 1. The molecule has 5 nitrogen and oxygen atoms in total. The van der Waals surface area contributed by atoms with Gasteiger partial charge in [-0.25, -0.2) is 0 Å². The van der Waals surface area contributed by atoms with E-state index >= 15 is 0 Å². The molecule has 1 aliphatic heterocycles. The number of carbonyl (C=O) groups is 2. The van der Waals surface area contributed by atoms with Gasteiger partial charge in [0.2, 0.25) is 11.8 Å². The number of rotatable bonds is 4. The van der Waals surface area contributed by atoms with Gasteiger partial charge in [-0.2, -0.15) is 0 Å². The maximum absolute atomic E-state index is 12.6. The van der Waals surface area contributed by atoms with E-state index in [4.69, 9.17) is 16.3 Å². The van der Waals surface area contributed by atoms with Crippen molar-refractivity contribution in [1.82, 2.24) is 4.90 Å². The predicted octanol–water partition coefficient (Wildman–Crippen LogP) is 3.33. The highest BCUT2D eigenvalue weighted by Gasteiger charge is 2.49. The zero-order chi connectivity index (χ0) is 17.1. The summed E-state index contributed by atoms with van der Waals surface area (Å²) < 4.78 is 5.24. The van der Waals surface area contributed by atoms with Crippen LogP contribution in [0.2, 0.25) is 5.02 Å². The van der Waals surface area contributed by atoms with Gasteiger partial charge in [0.05, 0.1) is 24.6 Å².